The molecule has 156 valence electrons. The zero-order valence-electron chi connectivity index (χ0n) is 19.6. The molecule has 0 aliphatic heterocycles. The summed E-state index contributed by atoms with van der Waals surface area (Å²) in [5.41, 5.74) is 5.47. The molecule has 0 N–H and O–H groups in total. The van der Waals surface area contributed by atoms with E-state index in [9.17, 15) is 0 Å². The van der Waals surface area contributed by atoms with Crippen molar-refractivity contribution in [2.24, 2.45) is 0 Å². The number of hydrogen-bond acceptors (Lipinski definition) is 2. The van der Waals surface area contributed by atoms with Crippen LogP contribution < -0.4 is 0 Å². The van der Waals surface area contributed by atoms with E-state index in [1.807, 2.05) is 0 Å². The van der Waals surface area contributed by atoms with Crippen molar-refractivity contribution in [3.05, 3.63) is 70.8 Å². The van der Waals surface area contributed by atoms with Crippen molar-refractivity contribution < 1.29 is 9.47 Å². The molecular formula is C25H44O2. The fraction of sp³-hybridized carbons (Fsp3) is 0.520. The van der Waals surface area contributed by atoms with E-state index in [1.54, 1.807) is 14.2 Å². The first-order valence-electron chi connectivity index (χ1n) is 9.88. The predicted octanol–water partition coefficient (Wildman–Crippen LogP) is 7.68. The number of benzene rings is 2. The summed E-state index contributed by atoms with van der Waals surface area (Å²) in [6.07, 6.45) is 2.50. The van der Waals surface area contributed by atoms with Gasteiger partial charge in [-0.25, -0.2) is 0 Å². The monoisotopic (exact) mass is 376 g/mol. The molecule has 0 spiro atoms. The summed E-state index contributed by atoms with van der Waals surface area (Å²) < 4.78 is 8.94. The minimum Gasteiger partial charge on any atom is -0.359 e. The van der Waals surface area contributed by atoms with Gasteiger partial charge in [0.15, 0.2) is 0 Å². The lowest BCUT2D eigenvalue weighted by Crippen LogP contribution is -1.87. The van der Waals surface area contributed by atoms with Crippen LogP contribution in [0.15, 0.2) is 48.5 Å². The lowest BCUT2D eigenvalue weighted by atomic mass is 10.1. The van der Waals surface area contributed by atoms with Gasteiger partial charge in [0.25, 0.3) is 0 Å². The second-order valence-electron chi connectivity index (χ2n) is 6.28. The molecule has 0 aliphatic carbocycles. The SMILES string of the molecule is CCC.CCC.COCOC.Cc1ccccc1C.Cc1ccccc1C. The van der Waals surface area contributed by atoms with Crippen molar-refractivity contribution in [3.63, 3.8) is 0 Å². The molecule has 27 heavy (non-hydrogen) atoms. The van der Waals surface area contributed by atoms with E-state index in [-0.39, 0.29) is 0 Å². The lowest BCUT2D eigenvalue weighted by molar-refractivity contribution is -0.00271. The Bertz CT molecular complexity index is 432. The molecule has 2 aromatic carbocycles. The molecule has 0 amide bonds. The topological polar surface area (TPSA) is 18.5 Å². The van der Waals surface area contributed by atoms with Crippen molar-refractivity contribution >= 4 is 0 Å². The first-order chi connectivity index (χ1) is 12.9. The van der Waals surface area contributed by atoms with Crippen molar-refractivity contribution in [1.82, 2.24) is 0 Å². The Kier molecular flexibility index (Phi) is 27.2. The van der Waals surface area contributed by atoms with E-state index >= 15 is 0 Å². The minimum atomic E-state index is 0.389. The van der Waals surface area contributed by atoms with Gasteiger partial charge in [-0.15, -0.1) is 0 Å². The van der Waals surface area contributed by atoms with Crippen LogP contribution in [0.25, 0.3) is 0 Å². The average Bonchev–Trinajstić information content (AvgIpc) is 2.63. The van der Waals surface area contributed by atoms with Crippen LogP contribution in [0.4, 0.5) is 0 Å². The molecular weight excluding hydrogens is 332 g/mol. The predicted molar refractivity (Wildman–Crippen MR) is 123 cm³/mol. The maximum absolute atomic E-state index is 4.47. The smallest absolute Gasteiger partial charge is 0.145 e. The summed E-state index contributed by atoms with van der Waals surface area (Å²) >= 11 is 0. The summed E-state index contributed by atoms with van der Waals surface area (Å²) in [4.78, 5) is 0. The van der Waals surface area contributed by atoms with E-state index in [4.69, 9.17) is 0 Å². The molecule has 0 radical (unpaired) electrons. The van der Waals surface area contributed by atoms with E-state index in [1.165, 1.54) is 35.1 Å². The maximum Gasteiger partial charge on any atom is 0.145 e. The standard InChI is InChI=1S/2C8H10.C3H8O2.2C3H8/c2*1-7-5-3-4-6-8(7)2;1-4-3-5-2;2*1-3-2/h2*3-6H,1-2H3;3H2,1-2H3;2*3H2,1-2H3. The fourth-order valence-corrected chi connectivity index (χ4v) is 1.44. The molecule has 0 heterocycles. The van der Waals surface area contributed by atoms with Gasteiger partial charge in [0.1, 0.15) is 6.79 Å². The van der Waals surface area contributed by atoms with Gasteiger partial charge in [-0.2, -0.15) is 0 Å². The summed E-state index contributed by atoms with van der Waals surface area (Å²) in [5.74, 6) is 0. The highest BCUT2D eigenvalue weighted by molar-refractivity contribution is 5.23. The van der Waals surface area contributed by atoms with Crippen LogP contribution in [0.2, 0.25) is 0 Å². The van der Waals surface area contributed by atoms with Gasteiger partial charge < -0.3 is 9.47 Å². The van der Waals surface area contributed by atoms with Gasteiger partial charge in [-0.05, 0) is 49.9 Å². The van der Waals surface area contributed by atoms with Gasteiger partial charge in [-0.3, -0.25) is 0 Å². The van der Waals surface area contributed by atoms with Crippen LogP contribution >= 0.6 is 0 Å². The Morgan fingerprint density at radius 2 is 0.704 bits per heavy atom. The normalized spacial score (nSPS) is 8.37. The Balaban J connectivity index is -0.000000286. The van der Waals surface area contributed by atoms with Gasteiger partial charge >= 0.3 is 0 Å². The van der Waals surface area contributed by atoms with Crippen molar-refractivity contribution in [3.8, 4) is 0 Å². The van der Waals surface area contributed by atoms with Gasteiger partial charge in [0, 0.05) is 14.2 Å². The molecule has 0 aliphatic rings. The third kappa shape index (κ3) is 24.4. The van der Waals surface area contributed by atoms with Crippen molar-refractivity contribution in [1.29, 1.82) is 0 Å². The van der Waals surface area contributed by atoms with Gasteiger partial charge in [0.2, 0.25) is 0 Å². The Hall–Kier alpha value is -1.64. The van der Waals surface area contributed by atoms with Gasteiger partial charge in [0.05, 0.1) is 0 Å². The number of methoxy groups -OCH3 is 2. The van der Waals surface area contributed by atoms with Crippen LogP contribution in [-0.2, 0) is 9.47 Å². The van der Waals surface area contributed by atoms with Crippen LogP contribution in [0, 0.1) is 27.7 Å². The minimum absolute atomic E-state index is 0.389. The molecule has 0 saturated carbocycles. The molecule has 0 saturated heterocycles. The van der Waals surface area contributed by atoms with Gasteiger partial charge in [-0.1, -0.05) is 89.1 Å². The third-order valence-electron chi connectivity index (χ3n) is 3.09. The first kappa shape index (κ1) is 30.1. The Labute approximate surface area is 169 Å². The third-order valence-corrected chi connectivity index (χ3v) is 3.09. The van der Waals surface area contributed by atoms with E-state index in [0.29, 0.717) is 6.79 Å². The van der Waals surface area contributed by atoms with E-state index < -0.39 is 0 Å². The summed E-state index contributed by atoms with van der Waals surface area (Å²) in [6.45, 7) is 17.4. The Morgan fingerprint density at radius 1 is 0.519 bits per heavy atom. The maximum atomic E-state index is 4.47. The molecule has 2 nitrogen and oxygen atoms in total. The zero-order chi connectivity index (χ0) is 21.5. The summed E-state index contributed by atoms with van der Waals surface area (Å²) in [6, 6.07) is 16.7. The highest BCUT2D eigenvalue weighted by Crippen LogP contribution is 2.03. The highest BCUT2D eigenvalue weighted by Gasteiger charge is 1.84. The van der Waals surface area contributed by atoms with E-state index in [0.717, 1.165) is 0 Å². The van der Waals surface area contributed by atoms with Crippen molar-refractivity contribution in [2.45, 2.75) is 68.2 Å². The molecule has 0 bridgehead atoms. The summed E-state index contributed by atoms with van der Waals surface area (Å²) in [7, 11) is 3.17. The fourth-order valence-electron chi connectivity index (χ4n) is 1.44. The first-order valence-corrected chi connectivity index (χ1v) is 9.88. The zero-order valence-corrected chi connectivity index (χ0v) is 19.6. The lowest BCUT2D eigenvalue weighted by Gasteiger charge is -1.93. The quantitative estimate of drug-likeness (QED) is 0.500. The van der Waals surface area contributed by atoms with Crippen molar-refractivity contribution in [2.75, 3.05) is 21.0 Å². The second-order valence-corrected chi connectivity index (χ2v) is 6.28. The largest absolute Gasteiger partial charge is 0.359 e. The summed E-state index contributed by atoms with van der Waals surface area (Å²) in [5, 5.41) is 0. The van der Waals surface area contributed by atoms with E-state index in [2.05, 4.69) is 113 Å². The van der Waals surface area contributed by atoms with Crippen LogP contribution in [0.1, 0.15) is 62.8 Å². The number of hydrogen-bond donors (Lipinski definition) is 0. The molecule has 0 aromatic heterocycles. The van der Waals surface area contributed by atoms with Crippen LogP contribution in [-0.4, -0.2) is 21.0 Å². The molecule has 0 fully saturated rings. The van der Waals surface area contributed by atoms with Crippen LogP contribution in [0.5, 0.6) is 0 Å². The number of rotatable bonds is 2. The average molecular weight is 377 g/mol. The highest BCUT2D eigenvalue weighted by atomic mass is 16.6. The number of ether oxygens (including phenoxy) is 2. The number of aryl methyl sites for hydroxylation is 4. The molecule has 2 heteroatoms. The molecule has 0 atom stereocenters. The Morgan fingerprint density at radius 3 is 0.778 bits per heavy atom. The van der Waals surface area contributed by atoms with Crippen LogP contribution in [0.3, 0.4) is 0 Å². The molecule has 2 rings (SSSR count). The molecule has 0 unspecified atom stereocenters. The molecule has 2 aromatic rings. The second kappa shape index (κ2) is 24.4.